The van der Waals surface area contributed by atoms with Crippen molar-refractivity contribution in [2.24, 2.45) is 0 Å². The van der Waals surface area contributed by atoms with E-state index in [4.69, 9.17) is 4.42 Å². The molecule has 0 spiro atoms. The smallest absolute Gasteiger partial charge is 0.257 e. The minimum absolute atomic E-state index is 0.143. The fourth-order valence-electron chi connectivity index (χ4n) is 2.56. The van der Waals surface area contributed by atoms with Gasteiger partial charge in [0.2, 0.25) is 0 Å². The molecule has 0 aromatic carbocycles. The Kier molecular flexibility index (Phi) is 5.07. The highest BCUT2D eigenvalue weighted by Gasteiger charge is 2.21. The van der Waals surface area contributed by atoms with E-state index < -0.39 is 0 Å². The highest BCUT2D eigenvalue weighted by molar-refractivity contribution is 5.95. The van der Waals surface area contributed by atoms with Gasteiger partial charge in [0.15, 0.2) is 5.76 Å². The molecule has 0 fully saturated rings. The van der Waals surface area contributed by atoms with Gasteiger partial charge in [0.25, 0.3) is 11.9 Å². The van der Waals surface area contributed by atoms with Crippen LogP contribution >= 0.6 is 0 Å². The van der Waals surface area contributed by atoms with E-state index in [1.54, 1.807) is 46.3 Å². The van der Waals surface area contributed by atoms with E-state index in [0.29, 0.717) is 41.7 Å². The first-order valence-corrected chi connectivity index (χ1v) is 8.08. The predicted octanol–water partition coefficient (Wildman–Crippen LogP) is 3.04. The van der Waals surface area contributed by atoms with Crippen molar-refractivity contribution in [3.63, 3.8) is 0 Å². The molecule has 0 saturated carbocycles. The van der Waals surface area contributed by atoms with Crippen LogP contribution in [0.5, 0.6) is 0 Å². The Morgan fingerprint density at radius 1 is 1.31 bits per heavy atom. The van der Waals surface area contributed by atoms with Crippen molar-refractivity contribution in [3.05, 3.63) is 73.4 Å². The van der Waals surface area contributed by atoms with Crippen molar-refractivity contribution in [2.75, 3.05) is 13.1 Å². The van der Waals surface area contributed by atoms with Gasteiger partial charge in [-0.2, -0.15) is 5.10 Å². The molecule has 1 amide bonds. The lowest BCUT2D eigenvalue weighted by atomic mass is 10.2. The molecule has 0 radical (unpaired) electrons. The van der Waals surface area contributed by atoms with Crippen LogP contribution in [0, 0.1) is 6.92 Å². The first-order chi connectivity index (χ1) is 12.7. The van der Waals surface area contributed by atoms with Gasteiger partial charge in [-0.3, -0.25) is 4.79 Å². The van der Waals surface area contributed by atoms with E-state index in [0.717, 1.165) is 0 Å². The molecule has 0 saturated heterocycles. The number of carbonyl (C=O) groups is 1. The third-order valence-electron chi connectivity index (χ3n) is 3.83. The van der Waals surface area contributed by atoms with E-state index in [1.165, 1.54) is 6.20 Å². The summed E-state index contributed by atoms with van der Waals surface area (Å²) < 4.78 is 6.91. The van der Waals surface area contributed by atoms with E-state index in [1.807, 2.05) is 13.0 Å². The Morgan fingerprint density at radius 3 is 2.73 bits per heavy atom. The second-order valence-electron chi connectivity index (χ2n) is 5.56. The van der Waals surface area contributed by atoms with Crippen LogP contribution in [-0.2, 0) is 0 Å². The van der Waals surface area contributed by atoms with Crippen LogP contribution in [0.25, 0.3) is 17.4 Å². The zero-order chi connectivity index (χ0) is 18.5. The maximum atomic E-state index is 12.8. The normalized spacial score (nSPS) is 10.5. The SMILES string of the molecule is C=CCN(CC=C)C(=O)c1cnn(-c2nccc(-c3ccco3)n2)c1C. The minimum Gasteiger partial charge on any atom is -0.463 e. The molecule has 0 bridgehead atoms. The molecule has 132 valence electrons. The van der Waals surface area contributed by atoms with Crippen LogP contribution in [0.3, 0.4) is 0 Å². The zero-order valence-corrected chi connectivity index (χ0v) is 14.5. The second kappa shape index (κ2) is 7.60. The number of aromatic nitrogens is 4. The molecule has 0 unspecified atom stereocenters. The fourth-order valence-corrected chi connectivity index (χ4v) is 2.56. The number of amides is 1. The monoisotopic (exact) mass is 349 g/mol. The van der Waals surface area contributed by atoms with Crippen molar-refractivity contribution in [3.8, 4) is 17.4 Å². The Bertz CT molecular complexity index is 917. The van der Waals surface area contributed by atoms with Crippen molar-refractivity contribution >= 4 is 5.91 Å². The molecule has 0 aliphatic rings. The molecule has 0 aliphatic heterocycles. The third-order valence-corrected chi connectivity index (χ3v) is 3.83. The summed E-state index contributed by atoms with van der Waals surface area (Å²) >= 11 is 0. The summed E-state index contributed by atoms with van der Waals surface area (Å²) in [6, 6.07) is 5.36. The highest BCUT2D eigenvalue weighted by atomic mass is 16.3. The van der Waals surface area contributed by atoms with Gasteiger partial charge in [0.05, 0.1) is 23.7 Å². The summed E-state index contributed by atoms with van der Waals surface area (Å²) in [7, 11) is 0. The van der Waals surface area contributed by atoms with E-state index >= 15 is 0 Å². The Morgan fingerprint density at radius 2 is 2.08 bits per heavy atom. The summed E-state index contributed by atoms with van der Waals surface area (Å²) in [4.78, 5) is 23.1. The van der Waals surface area contributed by atoms with Crippen LogP contribution in [0.2, 0.25) is 0 Å². The molecule has 3 heterocycles. The van der Waals surface area contributed by atoms with Gasteiger partial charge in [-0.25, -0.2) is 14.6 Å². The average molecular weight is 349 g/mol. The van der Waals surface area contributed by atoms with Gasteiger partial charge in [0.1, 0.15) is 5.69 Å². The van der Waals surface area contributed by atoms with E-state index in [-0.39, 0.29) is 5.91 Å². The number of rotatable bonds is 7. The lowest BCUT2D eigenvalue weighted by Gasteiger charge is -2.18. The molecule has 26 heavy (non-hydrogen) atoms. The Labute approximate surface area is 151 Å². The van der Waals surface area contributed by atoms with Crippen LogP contribution in [0.1, 0.15) is 16.1 Å². The standard InChI is InChI=1S/C19H19N5O2/c1-4-10-23(11-5-2)18(25)15-13-21-24(14(15)3)19-20-9-8-16(22-19)17-7-6-12-26-17/h4-9,12-13H,1-2,10-11H2,3H3. The zero-order valence-electron chi connectivity index (χ0n) is 14.5. The fraction of sp³-hybridized carbons (Fsp3) is 0.158. The van der Waals surface area contributed by atoms with Gasteiger partial charge in [-0.15, -0.1) is 13.2 Å². The molecule has 7 nitrogen and oxygen atoms in total. The molecular formula is C19H19N5O2. The van der Waals surface area contributed by atoms with Crippen LogP contribution < -0.4 is 0 Å². The van der Waals surface area contributed by atoms with Crippen LogP contribution in [0.15, 0.2) is 66.6 Å². The van der Waals surface area contributed by atoms with Crippen molar-refractivity contribution in [1.29, 1.82) is 0 Å². The number of hydrogen-bond acceptors (Lipinski definition) is 5. The first-order valence-electron chi connectivity index (χ1n) is 8.08. The molecular weight excluding hydrogens is 330 g/mol. The van der Waals surface area contributed by atoms with Gasteiger partial charge in [-0.05, 0) is 25.1 Å². The van der Waals surface area contributed by atoms with Crippen LogP contribution in [-0.4, -0.2) is 43.6 Å². The maximum absolute atomic E-state index is 12.8. The summed E-state index contributed by atoms with van der Waals surface area (Å²) in [6.07, 6.45) is 8.10. The van der Waals surface area contributed by atoms with Crippen molar-refractivity contribution in [1.82, 2.24) is 24.6 Å². The molecule has 0 aliphatic carbocycles. The maximum Gasteiger partial charge on any atom is 0.257 e. The Hall–Kier alpha value is -3.48. The predicted molar refractivity (Wildman–Crippen MR) is 97.9 cm³/mol. The van der Waals surface area contributed by atoms with Gasteiger partial charge < -0.3 is 9.32 Å². The number of furan rings is 1. The minimum atomic E-state index is -0.143. The molecule has 7 heteroatoms. The molecule has 3 aromatic heterocycles. The molecule has 0 N–H and O–H groups in total. The van der Waals surface area contributed by atoms with Crippen LogP contribution in [0.4, 0.5) is 0 Å². The summed E-state index contributed by atoms with van der Waals surface area (Å²) in [6.45, 7) is 10.1. The average Bonchev–Trinajstić information content (AvgIpc) is 3.31. The quantitative estimate of drug-likeness (QED) is 0.613. The molecule has 3 aromatic rings. The molecule has 0 atom stereocenters. The van der Waals surface area contributed by atoms with Gasteiger partial charge in [0, 0.05) is 19.3 Å². The van der Waals surface area contributed by atoms with Crippen molar-refractivity contribution in [2.45, 2.75) is 6.92 Å². The topological polar surface area (TPSA) is 77.0 Å². The lowest BCUT2D eigenvalue weighted by molar-refractivity contribution is 0.0790. The lowest BCUT2D eigenvalue weighted by Crippen LogP contribution is -2.31. The first kappa shape index (κ1) is 17.3. The largest absolute Gasteiger partial charge is 0.463 e. The Balaban J connectivity index is 1.94. The van der Waals surface area contributed by atoms with E-state index in [9.17, 15) is 4.79 Å². The van der Waals surface area contributed by atoms with Crippen molar-refractivity contribution < 1.29 is 9.21 Å². The number of hydrogen-bond donors (Lipinski definition) is 0. The second-order valence-corrected chi connectivity index (χ2v) is 5.56. The third kappa shape index (κ3) is 3.32. The summed E-state index contributed by atoms with van der Waals surface area (Å²) in [5.74, 6) is 0.864. The summed E-state index contributed by atoms with van der Waals surface area (Å²) in [5, 5.41) is 4.29. The molecule has 3 rings (SSSR count). The number of nitrogens with zero attached hydrogens (tertiary/aromatic N) is 5. The van der Waals surface area contributed by atoms with Gasteiger partial charge >= 0.3 is 0 Å². The van der Waals surface area contributed by atoms with E-state index in [2.05, 4.69) is 28.2 Å². The number of carbonyl (C=O) groups excluding carboxylic acids is 1. The van der Waals surface area contributed by atoms with Gasteiger partial charge in [-0.1, -0.05) is 12.2 Å². The summed E-state index contributed by atoms with van der Waals surface area (Å²) in [5.41, 5.74) is 1.79. The highest BCUT2D eigenvalue weighted by Crippen LogP contribution is 2.19.